The van der Waals surface area contributed by atoms with Crippen molar-refractivity contribution in [1.29, 1.82) is 0 Å². The number of carbonyl (C=O) groups is 2. The van der Waals surface area contributed by atoms with Gasteiger partial charge in [0.15, 0.2) is 0 Å². The second kappa shape index (κ2) is 11.7. The molecule has 0 aromatic heterocycles. The van der Waals surface area contributed by atoms with Gasteiger partial charge in [0.1, 0.15) is 11.6 Å². The van der Waals surface area contributed by atoms with Crippen molar-refractivity contribution in [2.45, 2.75) is 83.9 Å². The second-order valence-corrected chi connectivity index (χ2v) is 11.2. The van der Waals surface area contributed by atoms with E-state index in [2.05, 4.69) is 10.6 Å². The van der Waals surface area contributed by atoms with Crippen LogP contribution in [0.5, 0.6) is 0 Å². The molecule has 0 saturated heterocycles. The number of nitro benzene ring substituents is 1. The van der Waals surface area contributed by atoms with Gasteiger partial charge in [0.25, 0.3) is 5.69 Å². The summed E-state index contributed by atoms with van der Waals surface area (Å²) in [7, 11) is 0. The molecule has 8 nitrogen and oxygen atoms in total. The van der Waals surface area contributed by atoms with Gasteiger partial charge in [0, 0.05) is 17.9 Å². The summed E-state index contributed by atoms with van der Waals surface area (Å²) in [6, 6.07) is 5.34. The number of amides is 2. The zero-order valence-corrected chi connectivity index (χ0v) is 21.1. The number of alkyl carbamates (subject to hydrolysis) is 1. The third-order valence-electron chi connectivity index (χ3n) is 5.61. The van der Waals surface area contributed by atoms with Crippen LogP contribution in [-0.2, 0) is 15.1 Å². The van der Waals surface area contributed by atoms with Gasteiger partial charge in [0.05, 0.1) is 10.5 Å². The van der Waals surface area contributed by atoms with Crippen LogP contribution in [0.3, 0.4) is 0 Å². The lowest BCUT2D eigenvalue weighted by molar-refractivity contribution is -0.384. The lowest BCUT2D eigenvalue weighted by atomic mass is 9.91. The van der Waals surface area contributed by atoms with Crippen molar-refractivity contribution in [3.8, 4) is 0 Å². The fourth-order valence-electron chi connectivity index (χ4n) is 3.81. The fourth-order valence-corrected chi connectivity index (χ4v) is 5.08. The molecule has 9 heteroatoms. The van der Waals surface area contributed by atoms with E-state index >= 15 is 0 Å². The number of nitro groups is 1. The van der Waals surface area contributed by atoms with E-state index in [0.717, 1.165) is 11.3 Å². The van der Waals surface area contributed by atoms with Gasteiger partial charge in [0.2, 0.25) is 5.91 Å². The maximum atomic E-state index is 13.2. The molecule has 2 amide bonds. The van der Waals surface area contributed by atoms with E-state index in [1.54, 1.807) is 44.7 Å². The van der Waals surface area contributed by atoms with E-state index in [4.69, 9.17) is 4.74 Å². The average Bonchev–Trinajstić information content (AvgIpc) is 2.72. The summed E-state index contributed by atoms with van der Waals surface area (Å²) in [4.78, 5) is 36.0. The molecule has 184 valence electrons. The van der Waals surface area contributed by atoms with Crippen molar-refractivity contribution in [3.63, 3.8) is 0 Å². The first-order chi connectivity index (χ1) is 15.4. The van der Waals surface area contributed by atoms with Crippen molar-refractivity contribution in [3.05, 3.63) is 39.9 Å². The lowest BCUT2D eigenvalue weighted by Crippen LogP contribution is -2.53. The van der Waals surface area contributed by atoms with Crippen molar-refractivity contribution in [2.24, 2.45) is 5.92 Å². The van der Waals surface area contributed by atoms with Crippen LogP contribution in [0, 0.1) is 16.0 Å². The van der Waals surface area contributed by atoms with Gasteiger partial charge >= 0.3 is 6.09 Å². The molecule has 1 aromatic rings. The number of nitrogens with one attached hydrogen (secondary N) is 2. The maximum absolute atomic E-state index is 13.2. The first-order valence-electron chi connectivity index (χ1n) is 11.5. The highest BCUT2D eigenvalue weighted by Crippen LogP contribution is 2.27. The lowest BCUT2D eigenvalue weighted by Gasteiger charge is -2.30. The van der Waals surface area contributed by atoms with E-state index < -0.39 is 28.2 Å². The Morgan fingerprint density at radius 1 is 1.12 bits per heavy atom. The molecule has 1 aliphatic rings. The first kappa shape index (κ1) is 27.0. The van der Waals surface area contributed by atoms with Gasteiger partial charge in [-0.3, -0.25) is 14.9 Å². The minimum Gasteiger partial charge on any atom is -0.444 e. The highest BCUT2D eigenvalue weighted by Gasteiger charge is 2.30. The summed E-state index contributed by atoms with van der Waals surface area (Å²) in [6.07, 6.45) is 5.62. The van der Waals surface area contributed by atoms with E-state index in [1.807, 2.05) is 13.8 Å². The number of carbonyl (C=O) groups excluding carboxylic acids is 2. The maximum Gasteiger partial charge on any atom is 0.408 e. The summed E-state index contributed by atoms with van der Waals surface area (Å²) in [6.45, 7) is 8.98. The minimum absolute atomic E-state index is 0.00976. The highest BCUT2D eigenvalue weighted by molar-refractivity contribution is 7.99. The van der Waals surface area contributed by atoms with Crippen molar-refractivity contribution >= 4 is 29.4 Å². The molecule has 0 aliphatic heterocycles. The zero-order chi connectivity index (χ0) is 24.6. The molecule has 0 spiro atoms. The quantitative estimate of drug-likeness (QED) is 0.374. The SMILES string of the molecule is CC(C)(C)OC(=O)NC(CSCC1CCCCC1)C(=O)NC(C)(C)c1ccc([N+](=O)[O-])cc1. The van der Waals surface area contributed by atoms with Crippen LogP contribution in [0.1, 0.15) is 72.3 Å². The molecule has 1 unspecified atom stereocenters. The van der Waals surface area contributed by atoms with Gasteiger partial charge in [-0.05, 0) is 76.8 Å². The van der Waals surface area contributed by atoms with Gasteiger partial charge in [-0.25, -0.2) is 4.79 Å². The smallest absolute Gasteiger partial charge is 0.408 e. The first-order valence-corrected chi connectivity index (χ1v) is 12.7. The predicted octanol–water partition coefficient (Wildman–Crippen LogP) is 5.15. The van der Waals surface area contributed by atoms with Gasteiger partial charge < -0.3 is 15.4 Å². The largest absolute Gasteiger partial charge is 0.444 e. The van der Waals surface area contributed by atoms with E-state index in [9.17, 15) is 19.7 Å². The van der Waals surface area contributed by atoms with Gasteiger partial charge in [-0.1, -0.05) is 19.3 Å². The van der Waals surface area contributed by atoms with Crippen LogP contribution < -0.4 is 10.6 Å². The molecule has 0 bridgehead atoms. The molecule has 0 radical (unpaired) electrons. The molecule has 2 rings (SSSR count). The second-order valence-electron chi connectivity index (χ2n) is 10.2. The molecule has 1 aliphatic carbocycles. The Bertz CT molecular complexity index is 814. The fraction of sp³-hybridized carbons (Fsp3) is 0.667. The Morgan fingerprint density at radius 3 is 2.27 bits per heavy atom. The Kier molecular flexibility index (Phi) is 9.57. The number of hydrogen-bond acceptors (Lipinski definition) is 6. The number of non-ortho nitro benzene ring substituents is 1. The molecule has 1 atom stereocenters. The van der Waals surface area contributed by atoms with Crippen molar-refractivity contribution < 1.29 is 19.2 Å². The minimum atomic E-state index is -0.784. The van der Waals surface area contributed by atoms with Crippen LogP contribution in [0.15, 0.2) is 24.3 Å². The summed E-state index contributed by atoms with van der Waals surface area (Å²) >= 11 is 1.68. The van der Waals surface area contributed by atoms with Crippen LogP contribution in [0.2, 0.25) is 0 Å². The van der Waals surface area contributed by atoms with Crippen LogP contribution in [-0.4, -0.2) is 40.1 Å². The number of ether oxygens (including phenoxy) is 1. The van der Waals surface area contributed by atoms with E-state index in [-0.39, 0.29) is 11.6 Å². The highest BCUT2D eigenvalue weighted by atomic mass is 32.2. The summed E-state index contributed by atoms with van der Waals surface area (Å²) in [5.74, 6) is 1.74. The summed E-state index contributed by atoms with van der Waals surface area (Å²) in [5, 5.41) is 16.6. The Labute approximate surface area is 200 Å². The van der Waals surface area contributed by atoms with Crippen LogP contribution >= 0.6 is 11.8 Å². The van der Waals surface area contributed by atoms with Gasteiger partial charge in [-0.15, -0.1) is 0 Å². The molecule has 2 N–H and O–H groups in total. The molecule has 0 heterocycles. The molecule has 33 heavy (non-hydrogen) atoms. The zero-order valence-electron chi connectivity index (χ0n) is 20.3. The summed E-state index contributed by atoms with van der Waals surface area (Å²) < 4.78 is 5.36. The van der Waals surface area contributed by atoms with Crippen molar-refractivity contribution in [2.75, 3.05) is 11.5 Å². The molecule has 1 fully saturated rings. The average molecular weight is 480 g/mol. The molecular formula is C24H37N3O5S. The molecular weight excluding hydrogens is 442 g/mol. The summed E-state index contributed by atoms with van der Waals surface area (Å²) in [5.41, 5.74) is -0.733. The number of hydrogen-bond donors (Lipinski definition) is 2. The Hall–Kier alpha value is -2.29. The Morgan fingerprint density at radius 2 is 1.73 bits per heavy atom. The number of benzene rings is 1. The predicted molar refractivity (Wildman–Crippen MR) is 131 cm³/mol. The van der Waals surface area contributed by atoms with Gasteiger partial charge in [-0.2, -0.15) is 11.8 Å². The Balaban J connectivity index is 2.05. The topological polar surface area (TPSA) is 111 Å². The molecule has 1 aromatic carbocycles. The molecule has 1 saturated carbocycles. The van der Waals surface area contributed by atoms with Crippen LogP contribution in [0.25, 0.3) is 0 Å². The third kappa shape index (κ3) is 9.23. The van der Waals surface area contributed by atoms with Crippen molar-refractivity contribution in [1.82, 2.24) is 10.6 Å². The number of rotatable bonds is 9. The number of nitrogens with zero attached hydrogens (tertiary/aromatic N) is 1. The van der Waals surface area contributed by atoms with Crippen LogP contribution in [0.4, 0.5) is 10.5 Å². The number of thioether (sulfide) groups is 1. The standard InChI is InChI=1S/C24H37N3O5S/c1-23(2,3)32-22(29)25-20(16-33-15-17-9-7-6-8-10-17)21(28)26-24(4,5)18-11-13-19(14-12-18)27(30)31/h11-14,17,20H,6-10,15-16H2,1-5H3,(H,25,29)(H,26,28). The monoisotopic (exact) mass is 479 g/mol. The third-order valence-corrected chi connectivity index (χ3v) is 6.88. The van der Waals surface area contributed by atoms with E-state index in [0.29, 0.717) is 11.7 Å². The van der Waals surface area contributed by atoms with E-state index in [1.165, 1.54) is 44.2 Å². The normalized spacial score (nSPS) is 16.0.